The zero-order chi connectivity index (χ0) is 15.0. The van der Waals surface area contributed by atoms with E-state index in [1.807, 2.05) is 13.0 Å². The van der Waals surface area contributed by atoms with Gasteiger partial charge in [-0.05, 0) is 18.1 Å². The predicted octanol–water partition coefficient (Wildman–Crippen LogP) is 1.69. The summed E-state index contributed by atoms with van der Waals surface area (Å²) < 4.78 is 26.1. The number of aromatic nitrogens is 1. The number of nitrogens with two attached hydrogens (primary N) is 1. The Balaban J connectivity index is 2.81. The van der Waals surface area contributed by atoms with Crippen molar-refractivity contribution in [2.24, 2.45) is 5.73 Å². The van der Waals surface area contributed by atoms with E-state index in [1.165, 1.54) is 4.31 Å². The van der Waals surface area contributed by atoms with Crippen LogP contribution in [0, 0.1) is 0 Å². The molecular weight excluding hydrogens is 294 g/mol. The molecule has 0 aliphatic carbocycles. The molecule has 0 fully saturated rings. The molecule has 7 heteroatoms. The Kier molecular flexibility index (Phi) is 7.04. The van der Waals surface area contributed by atoms with E-state index in [-0.39, 0.29) is 5.75 Å². The standard InChI is InChI=1S/C13H21N3O2S2/c1-2-3-9-20(17,18)16(8-6-13(14)19)11-12-5-4-7-15-10-12/h4-5,7,10H,2-3,6,8-9,11H2,1H3,(H2,14,19). The highest BCUT2D eigenvalue weighted by Gasteiger charge is 2.21. The first-order valence-electron chi connectivity index (χ1n) is 6.60. The number of nitrogens with zero attached hydrogens (tertiary/aromatic N) is 2. The maximum absolute atomic E-state index is 12.3. The molecule has 1 rings (SSSR count). The molecule has 0 atom stereocenters. The number of sulfonamides is 1. The molecule has 1 heterocycles. The summed E-state index contributed by atoms with van der Waals surface area (Å²) in [5.74, 6) is 0.154. The molecule has 112 valence electrons. The highest BCUT2D eigenvalue weighted by molar-refractivity contribution is 7.89. The molecule has 0 aliphatic rings. The van der Waals surface area contributed by atoms with Crippen LogP contribution in [0.5, 0.6) is 0 Å². The van der Waals surface area contributed by atoms with Gasteiger partial charge < -0.3 is 5.73 Å². The zero-order valence-electron chi connectivity index (χ0n) is 11.7. The molecule has 0 spiro atoms. The summed E-state index contributed by atoms with van der Waals surface area (Å²) in [6, 6.07) is 3.65. The van der Waals surface area contributed by atoms with Gasteiger partial charge in [-0.1, -0.05) is 31.6 Å². The van der Waals surface area contributed by atoms with Crippen molar-refractivity contribution in [3.8, 4) is 0 Å². The van der Waals surface area contributed by atoms with Crippen LogP contribution in [0.2, 0.25) is 0 Å². The Morgan fingerprint density at radius 3 is 2.80 bits per heavy atom. The van der Waals surface area contributed by atoms with E-state index in [0.29, 0.717) is 30.9 Å². The van der Waals surface area contributed by atoms with Gasteiger partial charge in [0.15, 0.2) is 0 Å². The SMILES string of the molecule is CCCCS(=O)(=O)N(CCC(N)=S)Cc1cccnc1. The fourth-order valence-corrected chi connectivity index (χ4v) is 3.42. The van der Waals surface area contributed by atoms with Crippen molar-refractivity contribution in [3.63, 3.8) is 0 Å². The van der Waals surface area contributed by atoms with Crippen molar-refractivity contribution in [3.05, 3.63) is 30.1 Å². The van der Waals surface area contributed by atoms with E-state index in [0.717, 1.165) is 12.0 Å². The van der Waals surface area contributed by atoms with Gasteiger partial charge in [0, 0.05) is 31.9 Å². The number of unbranched alkanes of at least 4 members (excludes halogenated alkanes) is 1. The number of hydrogen-bond donors (Lipinski definition) is 1. The van der Waals surface area contributed by atoms with Crippen LogP contribution in [0.1, 0.15) is 31.7 Å². The highest BCUT2D eigenvalue weighted by atomic mass is 32.2. The average Bonchev–Trinajstić information content (AvgIpc) is 2.42. The molecule has 0 aromatic carbocycles. The van der Waals surface area contributed by atoms with Crippen LogP contribution < -0.4 is 5.73 Å². The van der Waals surface area contributed by atoms with E-state index in [9.17, 15) is 8.42 Å². The molecule has 0 saturated carbocycles. The summed E-state index contributed by atoms with van der Waals surface area (Å²) in [6.07, 6.45) is 5.21. The number of rotatable bonds is 9. The van der Waals surface area contributed by atoms with Crippen LogP contribution in [0.3, 0.4) is 0 Å². The van der Waals surface area contributed by atoms with Crippen LogP contribution >= 0.6 is 12.2 Å². The van der Waals surface area contributed by atoms with Crippen LogP contribution in [0.4, 0.5) is 0 Å². The Hall–Kier alpha value is -1.05. The van der Waals surface area contributed by atoms with Crippen LogP contribution in [0.15, 0.2) is 24.5 Å². The van der Waals surface area contributed by atoms with Gasteiger partial charge in [-0.3, -0.25) is 4.98 Å². The molecule has 0 radical (unpaired) electrons. The van der Waals surface area contributed by atoms with E-state index in [2.05, 4.69) is 4.98 Å². The van der Waals surface area contributed by atoms with Crippen molar-refractivity contribution >= 4 is 27.2 Å². The quantitative estimate of drug-likeness (QED) is 0.702. The van der Waals surface area contributed by atoms with Gasteiger partial charge in [-0.15, -0.1) is 0 Å². The first-order valence-corrected chi connectivity index (χ1v) is 8.62. The molecule has 5 nitrogen and oxygen atoms in total. The third kappa shape index (κ3) is 5.94. The molecule has 0 bridgehead atoms. The second kappa shape index (κ2) is 8.28. The van der Waals surface area contributed by atoms with Crippen molar-refractivity contribution in [1.29, 1.82) is 0 Å². The third-order valence-corrected chi connectivity index (χ3v) is 4.95. The lowest BCUT2D eigenvalue weighted by molar-refractivity contribution is 0.414. The minimum absolute atomic E-state index is 0.154. The summed E-state index contributed by atoms with van der Waals surface area (Å²) in [6.45, 7) is 2.59. The summed E-state index contributed by atoms with van der Waals surface area (Å²) >= 11 is 4.83. The highest BCUT2D eigenvalue weighted by Crippen LogP contribution is 2.11. The van der Waals surface area contributed by atoms with E-state index in [1.54, 1.807) is 18.5 Å². The minimum Gasteiger partial charge on any atom is -0.393 e. The largest absolute Gasteiger partial charge is 0.393 e. The van der Waals surface area contributed by atoms with Crippen LogP contribution in [-0.4, -0.2) is 35.0 Å². The zero-order valence-corrected chi connectivity index (χ0v) is 13.3. The van der Waals surface area contributed by atoms with Gasteiger partial charge in [0.25, 0.3) is 0 Å². The Morgan fingerprint density at radius 1 is 1.50 bits per heavy atom. The first-order chi connectivity index (χ1) is 9.45. The Labute approximate surface area is 126 Å². The molecule has 1 aromatic heterocycles. The molecule has 0 aliphatic heterocycles. The minimum atomic E-state index is -3.29. The molecule has 0 amide bonds. The lowest BCUT2D eigenvalue weighted by Crippen LogP contribution is -2.35. The van der Waals surface area contributed by atoms with Gasteiger partial charge in [0.05, 0.1) is 10.7 Å². The lowest BCUT2D eigenvalue weighted by atomic mass is 10.3. The predicted molar refractivity (Wildman–Crippen MR) is 84.7 cm³/mol. The second-order valence-corrected chi connectivity index (χ2v) is 7.19. The fraction of sp³-hybridized carbons (Fsp3) is 0.538. The van der Waals surface area contributed by atoms with E-state index >= 15 is 0 Å². The molecule has 0 saturated heterocycles. The van der Waals surface area contributed by atoms with Crippen molar-refractivity contribution in [1.82, 2.24) is 9.29 Å². The van der Waals surface area contributed by atoms with Gasteiger partial charge in [0.1, 0.15) is 0 Å². The number of thiocarbonyl (C=S) groups is 1. The van der Waals surface area contributed by atoms with Gasteiger partial charge in [-0.25, -0.2) is 8.42 Å². The summed E-state index contributed by atoms with van der Waals surface area (Å²) in [7, 11) is -3.29. The lowest BCUT2D eigenvalue weighted by Gasteiger charge is -2.22. The smallest absolute Gasteiger partial charge is 0.214 e. The normalized spacial score (nSPS) is 11.7. The maximum Gasteiger partial charge on any atom is 0.214 e. The molecular formula is C13H21N3O2S2. The van der Waals surface area contributed by atoms with Gasteiger partial charge in [-0.2, -0.15) is 4.31 Å². The third-order valence-electron chi connectivity index (χ3n) is 2.84. The second-order valence-electron chi connectivity index (χ2n) is 4.58. The van der Waals surface area contributed by atoms with Gasteiger partial charge >= 0.3 is 0 Å². The first kappa shape index (κ1) is 17.0. The Bertz CT molecular complexity index is 518. The molecule has 2 N–H and O–H groups in total. The number of hydrogen-bond acceptors (Lipinski definition) is 4. The molecule has 1 aromatic rings. The number of pyridine rings is 1. The summed E-state index contributed by atoms with van der Waals surface area (Å²) in [4.78, 5) is 4.33. The fourth-order valence-electron chi connectivity index (χ4n) is 1.70. The monoisotopic (exact) mass is 315 g/mol. The topological polar surface area (TPSA) is 76.3 Å². The van der Waals surface area contributed by atoms with E-state index in [4.69, 9.17) is 18.0 Å². The average molecular weight is 315 g/mol. The maximum atomic E-state index is 12.3. The van der Waals surface area contributed by atoms with Crippen molar-refractivity contribution in [2.45, 2.75) is 32.7 Å². The van der Waals surface area contributed by atoms with Crippen LogP contribution in [-0.2, 0) is 16.6 Å². The van der Waals surface area contributed by atoms with Crippen molar-refractivity contribution < 1.29 is 8.42 Å². The van der Waals surface area contributed by atoms with Crippen LogP contribution in [0.25, 0.3) is 0 Å². The van der Waals surface area contributed by atoms with E-state index < -0.39 is 10.0 Å². The Morgan fingerprint density at radius 2 is 2.25 bits per heavy atom. The summed E-state index contributed by atoms with van der Waals surface area (Å²) in [5.41, 5.74) is 6.33. The van der Waals surface area contributed by atoms with Crippen molar-refractivity contribution in [2.75, 3.05) is 12.3 Å². The van der Waals surface area contributed by atoms with Gasteiger partial charge in [0.2, 0.25) is 10.0 Å². The summed E-state index contributed by atoms with van der Waals surface area (Å²) in [5, 5.41) is 0. The molecule has 20 heavy (non-hydrogen) atoms. The molecule has 0 unspecified atom stereocenters.